The molecule has 2 atom stereocenters. The molecular formula is C11H13N3O7S. The Morgan fingerprint density at radius 2 is 1.95 bits per heavy atom. The Bertz CT molecular complexity index is 718. The highest BCUT2D eigenvalue weighted by Gasteiger charge is 2.37. The molecule has 0 unspecified atom stereocenters. The Labute approximate surface area is 125 Å². The summed E-state index contributed by atoms with van der Waals surface area (Å²) in [5, 5.41) is 33.8. The number of benzene rings is 1. The molecule has 10 nitrogen and oxygen atoms in total. The summed E-state index contributed by atoms with van der Waals surface area (Å²) >= 11 is 0. The van der Waals surface area contributed by atoms with Crippen molar-refractivity contribution in [2.45, 2.75) is 18.7 Å². The third-order valence-corrected chi connectivity index (χ3v) is 4.95. The summed E-state index contributed by atoms with van der Waals surface area (Å²) in [6.07, 6.45) is -1.16. The maximum Gasteiger partial charge on any atom is 0.292 e. The fraction of sp³-hybridized carbons (Fsp3) is 0.455. The Morgan fingerprint density at radius 3 is 2.45 bits per heavy atom. The zero-order valence-corrected chi connectivity index (χ0v) is 12.0. The van der Waals surface area contributed by atoms with Crippen LogP contribution in [0.2, 0.25) is 0 Å². The van der Waals surface area contributed by atoms with E-state index in [1.54, 1.807) is 0 Å². The van der Waals surface area contributed by atoms with E-state index in [1.807, 2.05) is 0 Å². The lowest BCUT2D eigenvalue weighted by Crippen LogP contribution is -2.32. The average molecular weight is 331 g/mol. The van der Waals surface area contributed by atoms with Crippen LogP contribution in [-0.4, -0.2) is 47.0 Å². The minimum Gasteiger partial charge on any atom is -0.390 e. The van der Waals surface area contributed by atoms with Crippen molar-refractivity contribution in [2.24, 2.45) is 0 Å². The molecule has 0 aromatic heterocycles. The first-order chi connectivity index (χ1) is 10.2. The van der Waals surface area contributed by atoms with Crippen molar-refractivity contribution in [1.82, 2.24) is 0 Å². The first-order valence-electron chi connectivity index (χ1n) is 6.22. The van der Waals surface area contributed by atoms with Crippen molar-refractivity contribution in [2.75, 3.05) is 16.8 Å². The molecule has 0 saturated carbocycles. The molecular weight excluding hydrogens is 318 g/mol. The Kier molecular flexibility index (Phi) is 4.28. The molecule has 22 heavy (non-hydrogen) atoms. The van der Waals surface area contributed by atoms with E-state index in [0.29, 0.717) is 0 Å². The molecule has 0 spiro atoms. The second-order valence-corrected chi connectivity index (χ2v) is 7.15. The van der Waals surface area contributed by atoms with E-state index in [0.717, 1.165) is 6.07 Å². The highest BCUT2D eigenvalue weighted by Crippen LogP contribution is 2.28. The third kappa shape index (κ3) is 3.68. The topological polar surface area (TPSA) is 153 Å². The summed E-state index contributed by atoms with van der Waals surface area (Å²) < 4.78 is 22.9. The van der Waals surface area contributed by atoms with Gasteiger partial charge in [0.05, 0.1) is 28.6 Å². The van der Waals surface area contributed by atoms with Gasteiger partial charge in [-0.2, -0.15) is 0 Å². The summed E-state index contributed by atoms with van der Waals surface area (Å²) in [4.78, 5) is 20.2. The van der Waals surface area contributed by atoms with Gasteiger partial charge in [0, 0.05) is 16.6 Å². The maximum atomic E-state index is 11.4. The van der Waals surface area contributed by atoms with E-state index in [4.69, 9.17) is 0 Å². The lowest BCUT2D eigenvalue weighted by atomic mass is 10.1. The number of nitro groups is 2. The van der Waals surface area contributed by atoms with Crippen LogP contribution in [0, 0.1) is 20.2 Å². The van der Waals surface area contributed by atoms with E-state index < -0.39 is 49.8 Å². The Hall–Kier alpha value is -2.27. The van der Waals surface area contributed by atoms with E-state index in [-0.39, 0.29) is 17.0 Å². The molecule has 1 aliphatic rings. The van der Waals surface area contributed by atoms with Crippen LogP contribution in [0.3, 0.4) is 0 Å². The zero-order valence-electron chi connectivity index (χ0n) is 11.2. The number of sulfone groups is 1. The summed E-state index contributed by atoms with van der Waals surface area (Å²) in [6, 6.07) is 2.81. The summed E-state index contributed by atoms with van der Waals surface area (Å²) in [5.41, 5.74) is -0.240. The van der Waals surface area contributed by atoms with Gasteiger partial charge in [0.2, 0.25) is 6.54 Å². The van der Waals surface area contributed by atoms with Gasteiger partial charge >= 0.3 is 0 Å². The van der Waals surface area contributed by atoms with Crippen LogP contribution < -0.4 is 5.32 Å². The molecule has 0 radical (unpaired) electrons. The quantitative estimate of drug-likeness (QED) is 0.562. The molecule has 2 N–H and O–H groups in total. The number of hydrogen-bond acceptors (Lipinski definition) is 8. The predicted molar refractivity (Wildman–Crippen MR) is 75.9 cm³/mol. The number of nitro benzene ring substituents is 1. The van der Waals surface area contributed by atoms with Gasteiger partial charge in [0.15, 0.2) is 9.84 Å². The van der Waals surface area contributed by atoms with Gasteiger partial charge in [-0.25, -0.2) is 8.42 Å². The van der Waals surface area contributed by atoms with Gasteiger partial charge in [-0.05, 0) is 12.1 Å². The average Bonchev–Trinajstić information content (AvgIpc) is 2.63. The number of nitrogens with zero attached hydrogens (tertiary/aromatic N) is 2. The van der Waals surface area contributed by atoms with Crippen LogP contribution in [0.5, 0.6) is 0 Å². The second-order valence-electron chi connectivity index (χ2n) is 4.99. The lowest BCUT2D eigenvalue weighted by molar-refractivity contribution is -0.496. The number of hydrogen-bond donors (Lipinski definition) is 2. The number of rotatable bonds is 5. The number of anilines is 1. The third-order valence-electron chi connectivity index (χ3n) is 3.23. The molecule has 2 rings (SSSR count). The fourth-order valence-electron chi connectivity index (χ4n) is 2.26. The first kappa shape index (κ1) is 16.1. The normalized spacial score (nSPS) is 23.1. The molecule has 1 aliphatic heterocycles. The van der Waals surface area contributed by atoms with Crippen LogP contribution in [0.25, 0.3) is 0 Å². The molecule has 1 heterocycles. The fourth-order valence-corrected chi connectivity index (χ4v) is 4.01. The number of aliphatic hydroxyl groups excluding tert-OH is 1. The maximum absolute atomic E-state index is 11.4. The minimum atomic E-state index is -3.39. The Morgan fingerprint density at radius 1 is 1.27 bits per heavy atom. The van der Waals surface area contributed by atoms with Crippen LogP contribution in [0.4, 0.5) is 11.4 Å². The molecule has 1 aromatic rings. The van der Waals surface area contributed by atoms with Crippen LogP contribution in [0.1, 0.15) is 5.56 Å². The summed E-state index contributed by atoms with van der Waals surface area (Å²) in [6.45, 7) is -0.554. The van der Waals surface area contributed by atoms with Crippen LogP contribution >= 0.6 is 0 Å². The lowest BCUT2D eigenvalue weighted by Gasteiger charge is -2.16. The van der Waals surface area contributed by atoms with Crippen LogP contribution in [0.15, 0.2) is 18.2 Å². The SMILES string of the molecule is O=[N+]([O-])Cc1ccc(N[C@H]2CS(=O)(=O)C[C@H]2O)c([N+](=O)[O-])c1. The monoisotopic (exact) mass is 331 g/mol. The van der Waals surface area contributed by atoms with E-state index in [1.165, 1.54) is 12.1 Å². The molecule has 1 aromatic carbocycles. The molecule has 1 fully saturated rings. The highest BCUT2D eigenvalue weighted by molar-refractivity contribution is 7.91. The summed E-state index contributed by atoms with van der Waals surface area (Å²) in [7, 11) is -3.39. The van der Waals surface area contributed by atoms with Gasteiger partial charge in [0.25, 0.3) is 5.69 Å². The van der Waals surface area contributed by atoms with Gasteiger partial charge < -0.3 is 10.4 Å². The largest absolute Gasteiger partial charge is 0.390 e. The van der Waals surface area contributed by atoms with Gasteiger partial charge in [-0.3, -0.25) is 20.2 Å². The zero-order chi connectivity index (χ0) is 16.5. The van der Waals surface area contributed by atoms with Crippen molar-refractivity contribution >= 4 is 21.2 Å². The standard InChI is InChI=1S/C11H13N3O7S/c15-11-6-22(20,21)5-9(11)12-8-2-1-7(4-13(16)17)3-10(8)14(18)19/h1-3,9,11-12,15H,4-6H2/t9-,11+/m0/s1. The van der Waals surface area contributed by atoms with E-state index in [2.05, 4.69) is 5.32 Å². The number of aliphatic hydroxyl groups is 1. The summed E-state index contributed by atoms with van der Waals surface area (Å²) in [5.74, 6) is -0.736. The van der Waals surface area contributed by atoms with Crippen molar-refractivity contribution in [3.8, 4) is 0 Å². The van der Waals surface area contributed by atoms with Crippen molar-refractivity contribution < 1.29 is 23.4 Å². The molecule has 11 heteroatoms. The number of nitrogens with one attached hydrogen (secondary N) is 1. The first-order valence-corrected chi connectivity index (χ1v) is 8.04. The van der Waals surface area contributed by atoms with Crippen LogP contribution in [-0.2, 0) is 16.4 Å². The van der Waals surface area contributed by atoms with E-state index in [9.17, 15) is 33.8 Å². The minimum absolute atomic E-state index is 0.0123. The molecule has 120 valence electrons. The smallest absolute Gasteiger partial charge is 0.292 e. The van der Waals surface area contributed by atoms with E-state index >= 15 is 0 Å². The highest BCUT2D eigenvalue weighted by atomic mass is 32.2. The van der Waals surface area contributed by atoms with Gasteiger partial charge in [-0.15, -0.1) is 0 Å². The molecule has 0 aliphatic carbocycles. The van der Waals surface area contributed by atoms with Crippen molar-refractivity contribution in [3.63, 3.8) is 0 Å². The van der Waals surface area contributed by atoms with Gasteiger partial charge in [0.1, 0.15) is 5.69 Å². The predicted octanol–water partition coefficient (Wildman–Crippen LogP) is -0.0587. The van der Waals surface area contributed by atoms with Gasteiger partial charge in [-0.1, -0.05) is 0 Å². The molecule has 0 amide bonds. The second kappa shape index (κ2) is 5.85. The van der Waals surface area contributed by atoms with Crippen molar-refractivity contribution in [3.05, 3.63) is 44.0 Å². The molecule has 1 saturated heterocycles. The molecule has 0 bridgehead atoms. The Balaban J connectivity index is 2.27. The van der Waals surface area contributed by atoms with Crippen molar-refractivity contribution in [1.29, 1.82) is 0 Å².